The van der Waals surface area contributed by atoms with E-state index in [4.69, 9.17) is 4.74 Å². The lowest BCUT2D eigenvalue weighted by molar-refractivity contribution is -0.137. The van der Waals surface area contributed by atoms with E-state index in [0.717, 1.165) is 11.3 Å². The lowest BCUT2D eigenvalue weighted by atomic mass is 9.70. The fourth-order valence-electron chi connectivity index (χ4n) is 5.59. The third kappa shape index (κ3) is 4.54. The van der Waals surface area contributed by atoms with E-state index in [2.05, 4.69) is 12.2 Å². The molecule has 2 aromatic carbocycles. The summed E-state index contributed by atoms with van der Waals surface area (Å²) in [6.07, 6.45) is 1.05. The molecular weight excluding hydrogens is 445 g/mol. The highest BCUT2D eigenvalue weighted by Gasteiger charge is 2.65. The number of hydrogen-bond donors (Lipinski definition) is 1. The van der Waals surface area contributed by atoms with Crippen LogP contribution in [-0.2, 0) is 11.2 Å². The summed E-state index contributed by atoms with van der Waals surface area (Å²) >= 11 is 0. The first-order valence-corrected chi connectivity index (χ1v) is 12.4. The van der Waals surface area contributed by atoms with Gasteiger partial charge < -0.3 is 10.1 Å². The van der Waals surface area contributed by atoms with Gasteiger partial charge in [-0.15, -0.1) is 0 Å². The summed E-state index contributed by atoms with van der Waals surface area (Å²) in [7, 11) is 0. The number of anilines is 1. The highest BCUT2D eigenvalue weighted by molar-refractivity contribution is 6.17. The molecule has 2 saturated heterocycles. The van der Waals surface area contributed by atoms with Gasteiger partial charge in [-0.2, -0.15) is 0 Å². The molecule has 0 aliphatic carbocycles. The van der Waals surface area contributed by atoms with Crippen LogP contribution in [0.15, 0.2) is 48.5 Å². The lowest BCUT2D eigenvalue weighted by Crippen LogP contribution is -2.66. The molecule has 2 aromatic rings. The third-order valence-electron chi connectivity index (χ3n) is 7.01. The van der Waals surface area contributed by atoms with Crippen LogP contribution in [0.3, 0.4) is 0 Å². The second-order valence-electron chi connectivity index (χ2n) is 11.0. The minimum absolute atomic E-state index is 0.0460. The van der Waals surface area contributed by atoms with Crippen LogP contribution in [-0.4, -0.2) is 46.6 Å². The standard InChI is InChI=1S/C28H36FN3O3/c1-18(2)35-23-12-7-9-20(15-23)16-24-19(3)30-14-13-28(24)25(33)32(27(4,5)6)26(34)31(28)22-11-8-10-21(29)17-22/h7-12,15,17-19,24,30H,13-14,16H2,1-6H3/t19-,24?,28+/m0/s1. The average molecular weight is 482 g/mol. The molecule has 0 saturated carbocycles. The van der Waals surface area contributed by atoms with Gasteiger partial charge in [0.1, 0.15) is 17.1 Å². The molecule has 2 aliphatic heterocycles. The molecule has 1 N–H and O–H groups in total. The molecule has 2 fully saturated rings. The molecule has 2 aliphatic rings. The number of ether oxygens (including phenoxy) is 1. The van der Waals surface area contributed by atoms with Crippen molar-refractivity contribution in [3.05, 3.63) is 59.9 Å². The maximum atomic E-state index is 14.3. The molecular formula is C28H36FN3O3. The number of imide groups is 1. The Labute approximate surface area is 207 Å². The van der Waals surface area contributed by atoms with Gasteiger partial charge in [0.25, 0.3) is 5.91 Å². The third-order valence-corrected chi connectivity index (χ3v) is 7.01. The molecule has 6 nitrogen and oxygen atoms in total. The van der Waals surface area contributed by atoms with E-state index in [1.807, 2.05) is 58.9 Å². The van der Waals surface area contributed by atoms with Crippen molar-refractivity contribution in [2.45, 2.75) is 77.6 Å². The van der Waals surface area contributed by atoms with Crippen molar-refractivity contribution < 1.29 is 18.7 Å². The largest absolute Gasteiger partial charge is 0.491 e. The number of amides is 3. The number of benzene rings is 2. The number of piperidine rings is 1. The predicted molar refractivity (Wildman–Crippen MR) is 135 cm³/mol. The van der Waals surface area contributed by atoms with E-state index in [0.29, 0.717) is 25.1 Å². The molecule has 1 unspecified atom stereocenters. The number of nitrogens with one attached hydrogen (secondary N) is 1. The number of nitrogens with zero attached hydrogens (tertiary/aromatic N) is 2. The van der Waals surface area contributed by atoms with Crippen LogP contribution in [0.2, 0.25) is 0 Å². The van der Waals surface area contributed by atoms with Crippen molar-refractivity contribution in [1.29, 1.82) is 0 Å². The Hall–Kier alpha value is -2.93. The Morgan fingerprint density at radius 2 is 1.86 bits per heavy atom. The maximum absolute atomic E-state index is 14.3. The molecule has 2 heterocycles. The zero-order valence-electron chi connectivity index (χ0n) is 21.5. The van der Waals surface area contributed by atoms with Gasteiger partial charge >= 0.3 is 6.03 Å². The Kier molecular flexibility index (Phi) is 6.66. The quantitative estimate of drug-likeness (QED) is 0.600. The molecule has 0 aromatic heterocycles. The fraction of sp³-hybridized carbons (Fsp3) is 0.500. The molecule has 7 heteroatoms. The monoisotopic (exact) mass is 481 g/mol. The zero-order valence-corrected chi connectivity index (χ0v) is 21.5. The van der Waals surface area contributed by atoms with Crippen LogP contribution >= 0.6 is 0 Å². The first kappa shape index (κ1) is 25.2. The van der Waals surface area contributed by atoms with Crippen LogP contribution in [0.1, 0.15) is 53.5 Å². The summed E-state index contributed by atoms with van der Waals surface area (Å²) in [4.78, 5) is 31.1. The summed E-state index contributed by atoms with van der Waals surface area (Å²) in [5, 5.41) is 3.51. The summed E-state index contributed by atoms with van der Waals surface area (Å²) in [6, 6.07) is 13.5. The van der Waals surface area contributed by atoms with E-state index in [9.17, 15) is 14.0 Å². The Morgan fingerprint density at radius 3 is 2.51 bits per heavy atom. The molecule has 3 atom stereocenters. The topological polar surface area (TPSA) is 61.9 Å². The SMILES string of the molecule is CC(C)Oc1cccc(CC2[C@H](C)NCC[C@]23C(=O)N(C(C)(C)C)C(=O)N3c2cccc(F)c2)c1. The van der Waals surface area contributed by atoms with Gasteiger partial charge in [0, 0.05) is 23.2 Å². The normalized spacial score (nSPS) is 25.1. The van der Waals surface area contributed by atoms with Gasteiger partial charge in [0.2, 0.25) is 0 Å². The summed E-state index contributed by atoms with van der Waals surface area (Å²) in [5.41, 5.74) is -0.409. The summed E-state index contributed by atoms with van der Waals surface area (Å²) < 4.78 is 20.2. The smallest absolute Gasteiger partial charge is 0.332 e. The van der Waals surface area contributed by atoms with Crippen molar-refractivity contribution in [3.63, 3.8) is 0 Å². The van der Waals surface area contributed by atoms with E-state index in [1.165, 1.54) is 17.0 Å². The number of rotatable bonds is 5. The Morgan fingerprint density at radius 1 is 1.14 bits per heavy atom. The summed E-state index contributed by atoms with van der Waals surface area (Å²) in [5.74, 6) is -0.121. The zero-order chi connectivity index (χ0) is 25.5. The fourth-order valence-corrected chi connectivity index (χ4v) is 5.59. The molecule has 1 spiro atoms. The van der Waals surface area contributed by atoms with Crippen LogP contribution in [0, 0.1) is 11.7 Å². The maximum Gasteiger partial charge on any atom is 0.332 e. The van der Waals surface area contributed by atoms with Crippen LogP contribution in [0.4, 0.5) is 14.9 Å². The molecule has 188 valence electrons. The van der Waals surface area contributed by atoms with E-state index in [-0.39, 0.29) is 24.0 Å². The number of urea groups is 1. The highest BCUT2D eigenvalue weighted by Crippen LogP contribution is 2.47. The second-order valence-corrected chi connectivity index (χ2v) is 11.0. The highest BCUT2D eigenvalue weighted by atomic mass is 19.1. The molecule has 4 rings (SSSR count). The molecule has 3 amide bonds. The van der Waals surface area contributed by atoms with Crippen LogP contribution in [0.5, 0.6) is 5.75 Å². The van der Waals surface area contributed by atoms with Crippen molar-refractivity contribution in [2.24, 2.45) is 5.92 Å². The van der Waals surface area contributed by atoms with Crippen molar-refractivity contribution >= 4 is 17.6 Å². The van der Waals surface area contributed by atoms with Gasteiger partial charge in [0.15, 0.2) is 0 Å². The van der Waals surface area contributed by atoms with Crippen LogP contribution < -0.4 is 15.0 Å². The molecule has 0 radical (unpaired) electrons. The second kappa shape index (κ2) is 9.26. The van der Waals surface area contributed by atoms with Gasteiger partial charge in [-0.05, 0) is 96.8 Å². The van der Waals surface area contributed by atoms with Gasteiger partial charge in [-0.25, -0.2) is 9.18 Å². The van der Waals surface area contributed by atoms with Crippen molar-refractivity contribution in [1.82, 2.24) is 10.2 Å². The Bertz CT molecular complexity index is 1110. The first-order chi connectivity index (χ1) is 16.4. The first-order valence-electron chi connectivity index (χ1n) is 12.4. The number of carbonyl (C=O) groups is 2. The Balaban J connectivity index is 1.84. The van der Waals surface area contributed by atoms with Gasteiger partial charge in [-0.3, -0.25) is 14.6 Å². The van der Waals surface area contributed by atoms with Crippen LogP contribution in [0.25, 0.3) is 0 Å². The molecule has 35 heavy (non-hydrogen) atoms. The van der Waals surface area contributed by atoms with E-state index >= 15 is 0 Å². The number of halogens is 1. The summed E-state index contributed by atoms with van der Waals surface area (Å²) in [6.45, 7) is 12.2. The van der Waals surface area contributed by atoms with Crippen molar-refractivity contribution in [3.8, 4) is 5.75 Å². The lowest BCUT2D eigenvalue weighted by Gasteiger charge is -2.48. The predicted octanol–water partition coefficient (Wildman–Crippen LogP) is 5.16. The van der Waals surface area contributed by atoms with Gasteiger partial charge in [0.05, 0.1) is 6.10 Å². The minimum atomic E-state index is -1.13. The van der Waals surface area contributed by atoms with Crippen molar-refractivity contribution in [2.75, 3.05) is 11.4 Å². The molecule has 0 bridgehead atoms. The minimum Gasteiger partial charge on any atom is -0.491 e. The average Bonchev–Trinajstić information content (AvgIpc) is 2.97. The number of hydrogen-bond acceptors (Lipinski definition) is 4. The van der Waals surface area contributed by atoms with E-state index < -0.39 is 22.9 Å². The van der Waals surface area contributed by atoms with Gasteiger partial charge in [-0.1, -0.05) is 18.2 Å². The number of carbonyl (C=O) groups excluding carboxylic acids is 2. The van der Waals surface area contributed by atoms with E-state index in [1.54, 1.807) is 17.0 Å².